The predicted octanol–water partition coefficient (Wildman–Crippen LogP) is 2.24. The normalized spacial score (nSPS) is 14.7. The highest BCUT2D eigenvalue weighted by Gasteiger charge is 2.19. The molecule has 1 aliphatic carbocycles. The number of hydrogen-bond donors (Lipinski definition) is 1. The summed E-state index contributed by atoms with van der Waals surface area (Å²) < 4.78 is 0. The zero-order valence-electron chi connectivity index (χ0n) is 6.53. The maximum absolute atomic E-state index is 4.00. The highest BCUT2D eigenvalue weighted by atomic mass is 35.5. The SMILES string of the molecule is Cl.Cl.c1ncc(CNC2CC2)s1. The highest BCUT2D eigenvalue weighted by molar-refractivity contribution is 7.09. The van der Waals surface area contributed by atoms with Crippen LogP contribution in [0.25, 0.3) is 0 Å². The molecule has 1 aromatic heterocycles. The third-order valence-electron chi connectivity index (χ3n) is 1.63. The number of halogens is 2. The van der Waals surface area contributed by atoms with E-state index in [1.54, 1.807) is 11.3 Å². The lowest BCUT2D eigenvalue weighted by Gasteiger charge is -1.96. The summed E-state index contributed by atoms with van der Waals surface area (Å²) in [6.07, 6.45) is 4.65. The van der Waals surface area contributed by atoms with Gasteiger partial charge in [0.15, 0.2) is 0 Å². The summed E-state index contributed by atoms with van der Waals surface area (Å²) in [6, 6.07) is 0.807. The fourth-order valence-electron chi connectivity index (χ4n) is 0.862. The molecule has 0 saturated heterocycles. The number of nitrogens with one attached hydrogen (secondary N) is 1. The molecule has 0 spiro atoms. The lowest BCUT2D eigenvalue weighted by atomic mass is 10.5. The summed E-state index contributed by atoms with van der Waals surface area (Å²) in [7, 11) is 0. The second-order valence-corrected chi connectivity index (χ2v) is 3.59. The predicted molar refractivity (Wildman–Crippen MR) is 56.5 cm³/mol. The molecule has 0 unspecified atom stereocenters. The molecule has 12 heavy (non-hydrogen) atoms. The minimum Gasteiger partial charge on any atom is -0.309 e. The number of hydrogen-bond acceptors (Lipinski definition) is 3. The molecule has 0 aromatic carbocycles. The van der Waals surface area contributed by atoms with Crippen molar-refractivity contribution in [3.8, 4) is 0 Å². The summed E-state index contributed by atoms with van der Waals surface area (Å²) in [5.41, 5.74) is 1.88. The molecule has 0 amide bonds. The van der Waals surface area contributed by atoms with Crippen LogP contribution in [-0.2, 0) is 6.54 Å². The second kappa shape index (κ2) is 5.75. The molecule has 1 N–H and O–H groups in total. The fraction of sp³-hybridized carbons (Fsp3) is 0.571. The maximum atomic E-state index is 4.00. The summed E-state index contributed by atoms with van der Waals surface area (Å²) in [4.78, 5) is 5.34. The lowest BCUT2D eigenvalue weighted by Crippen LogP contribution is -2.14. The van der Waals surface area contributed by atoms with Crippen LogP contribution in [0, 0.1) is 0 Å². The Labute approximate surface area is 88.6 Å². The van der Waals surface area contributed by atoms with Crippen molar-refractivity contribution < 1.29 is 0 Å². The van der Waals surface area contributed by atoms with Gasteiger partial charge in [-0.2, -0.15) is 0 Å². The first-order valence-corrected chi connectivity index (χ1v) is 4.44. The van der Waals surface area contributed by atoms with E-state index in [1.165, 1.54) is 17.7 Å². The van der Waals surface area contributed by atoms with E-state index in [0.29, 0.717) is 0 Å². The minimum absolute atomic E-state index is 0. The van der Waals surface area contributed by atoms with Gasteiger partial charge in [0.1, 0.15) is 0 Å². The standard InChI is InChI=1S/C7H10N2S.2ClH/c1-2-6(1)9-4-7-3-8-5-10-7;;/h3,5-6,9H,1-2,4H2;2*1H. The van der Waals surface area contributed by atoms with Crippen LogP contribution in [0.15, 0.2) is 11.7 Å². The van der Waals surface area contributed by atoms with Crippen LogP contribution in [0.3, 0.4) is 0 Å². The van der Waals surface area contributed by atoms with Crippen molar-refractivity contribution in [1.82, 2.24) is 10.3 Å². The molecule has 1 aromatic rings. The van der Waals surface area contributed by atoms with Gasteiger partial charge in [0.2, 0.25) is 0 Å². The van der Waals surface area contributed by atoms with Crippen molar-refractivity contribution in [2.24, 2.45) is 0 Å². The third-order valence-corrected chi connectivity index (χ3v) is 2.41. The molecule has 2 rings (SSSR count). The summed E-state index contributed by atoms with van der Waals surface area (Å²) in [5, 5.41) is 3.43. The maximum Gasteiger partial charge on any atom is 0.0794 e. The van der Waals surface area contributed by atoms with Gasteiger partial charge in [-0.15, -0.1) is 36.2 Å². The van der Waals surface area contributed by atoms with Gasteiger partial charge in [-0.3, -0.25) is 4.98 Å². The van der Waals surface area contributed by atoms with E-state index in [2.05, 4.69) is 10.3 Å². The zero-order chi connectivity index (χ0) is 6.81. The molecule has 5 heteroatoms. The van der Waals surface area contributed by atoms with Gasteiger partial charge < -0.3 is 5.32 Å². The lowest BCUT2D eigenvalue weighted by molar-refractivity contribution is 0.694. The van der Waals surface area contributed by atoms with E-state index in [4.69, 9.17) is 0 Å². The first-order chi connectivity index (χ1) is 4.95. The molecule has 0 bridgehead atoms. The molecule has 0 radical (unpaired) electrons. The van der Waals surface area contributed by atoms with E-state index >= 15 is 0 Å². The van der Waals surface area contributed by atoms with Crippen molar-refractivity contribution in [1.29, 1.82) is 0 Å². The van der Waals surface area contributed by atoms with Gasteiger partial charge in [0, 0.05) is 23.7 Å². The van der Waals surface area contributed by atoms with Gasteiger partial charge in [0.05, 0.1) is 5.51 Å². The Bertz CT molecular complexity index is 199. The summed E-state index contributed by atoms with van der Waals surface area (Å²) >= 11 is 1.72. The molecule has 1 heterocycles. The molecular weight excluding hydrogens is 215 g/mol. The van der Waals surface area contributed by atoms with Gasteiger partial charge in [0.25, 0.3) is 0 Å². The van der Waals surface area contributed by atoms with Crippen LogP contribution in [0.2, 0.25) is 0 Å². The molecule has 0 atom stereocenters. The Hall–Kier alpha value is 0.170. The zero-order valence-corrected chi connectivity index (χ0v) is 8.97. The molecule has 2 nitrogen and oxygen atoms in total. The van der Waals surface area contributed by atoms with Crippen LogP contribution >= 0.6 is 36.2 Å². The Morgan fingerprint density at radius 3 is 2.75 bits per heavy atom. The number of aromatic nitrogens is 1. The van der Waals surface area contributed by atoms with E-state index < -0.39 is 0 Å². The van der Waals surface area contributed by atoms with Crippen LogP contribution < -0.4 is 5.32 Å². The van der Waals surface area contributed by atoms with Crippen LogP contribution in [0.1, 0.15) is 17.7 Å². The smallest absolute Gasteiger partial charge is 0.0794 e. The van der Waals surface area contributed by atoms with Crippen molar-refractivity contribution in [3.63, 3.8) is 0 Å². The van der Waals surface area contributed by atoms with Crippen molar-refractivity contribution >= 4 is 36.2 Å². The van der Waals surface area contributed by atoms with Gasteiger partial charge in [-0.1, -0.05) is 0 Å². The molecule has 70 valence electrons. The third kappa shape index (κ3) is 3.72. The number of thiazole rings is 1. The van der Waals surface area contributed by atoms with Gasteiger partial charge in [-0.25, -0.2) is 0 Å². The van der Waals surface area contributed by atoms with Gasteiger partial charge >= 0.3 is 0 Å². The van der Waals surface area contributed by atoms with Crippen molar-refractivity contribution in [2.75, 3.05) is 0 Å². The average molecular weight is 227 g/mol. The first-order valence-electron chi connectivity index (χ1n) is 3.56. The quantitative estimate of drug-likeness (QED) is 0.856. The molecule has 1 fully saturated rings. The van der Waals surface area contributed by atoms with E-state index in [1.807, 2.05) is 11.7 Å². The Morgan fingerprint density at radius 1 is 1.50 bits per heavy atom. The van der Waals surface area contributed by atoms with Crippen molar-refractivity contribution in [3.05, 3.63) is 16.6 Å². The molecule has 1 saturated carbocycles. The number of rotatable bonds is 3. The van der Waals surface area contributed by atoms with E-state index in [9.17, 15) is 0 Å². The van der Waals surface area contributed by atoms with Gasteiger partial charge in [-0.05, 0) is 12.8 Å². The van der Waals surface area contributed by atoms with Crippen LogP contribution in [0.4, 0.5) is 0 Å². The Morgan fingerprint density at radius 2 is 2.25 bits per heavy atom. The monoisotopic (exact) mass is 226 g/mol. The van der Waals surface area contributed by atoms with Crippen molar-refractivity contribution in [2.45, 2.75) is 25.4 Å². The number of nitrogens with zero attached hydrogens (tertiary/aromatic N) is 1. The summed E-state index contributed by atoms with van der Waals surface area (Å²) in [5.74, 6) is 0. The van der Waals surface area contributed by atoms with Crippen LogP contribution in [-0.4, -0.2) is 11.0 Å². The molecule has 1 aliphatic rings. The average Bonchev–Trinajstić information content (AvgIpc) is 2.63. The molecule has 0 aliphatic heterocycles. The molecular formula is C7H12Cl2N2S. The fourth-order valence-corrected chi connectivity index (χ4v) is 1.41. The Kier molecular flexibility index (Phi) is 5.84. The Balaban J connectivity index is 0.000000605. The first kappa shape index (κ1) is 12.2. The van der Waals surface area contributed by atoms with E-state index in [-0.39, 0.29) is 24.8 Å². The minimum atomic E-state index is 0. The summed E-state index contributed by atoms with van der Waals surface area (Å²) in [6.45, 7) is 1.01. The van der Waals surface area contributed by atoms with E-state index in [0.717, 1.165) is 12.6 Å². The highest BCUT2D eigenvalue weighted by Crippen LogP contribution is 2.19. The second-order valence-electron chi connectivity index (χ2n) is 2.62. The topological polar surface area (TPSA) is 24.9 Å². The van der Waals surface area contributed by atoms with Crippen LogP contribution in [0.5, 0.6) is 0 Å². The largest absolute Gasteiger partial charge is 0.309 e.